The fraction of sp³-hybridized carbons (Fsp3) is 0.263. The van der Waals surface area contributed by atoms with E-state index in [4.69, 9.17) is 1.37 Å². The summed E-state index contributed by atoms with van der Waals surface area (Å²) in [4.78, 5) is 9.19. The zero-order valence-electron chi connectivity index (χ0n) is 28.2. The number of thiophene rings is 1. The number of benzene rings is 3. The van der Waals surface area contributed by atoms with Gasteiger partial charge in [0, 0.05) is 20.1 Å². The van der Waals surface area contributed by atoms with Gasteiger partial charge in [-0.2, -0.15) is 0 Å². The van der Waals surface area contributed by atoms with Crippen molar-refractivity contribution in [1.82, 2.24) is 9.97 Å². The molecule has 0 atom stereocenters. The van der Waals surface area contributed by atoms with Crippen molar-refractivity contribution < 1.29 is 21.5 Å². The molecule has 0 aliphatic carbocycles. The molecule has 0 bridgehead atoms. The molecule has 229 valence electrons. The second kappa shape index (κ2) is 14.1. The van der Waals surface area contributed by atoms with Crippen LogP contribution in [0.25, 0.3) is 42.7 Å². The standard InChI is InChI=1S/C23H24GeNS.C15H18GeN.Ir/c1-15(2)16-11-12-25-21(13-16)19-8-6-7-18-20-14-17(24(3,4)5)9-10-22(20)26-23(18)19;1-12-10-15(13-8-6-5-7-9-13)17-11-14(12)16(2,3)4;/h6-7,9-15H,1-5H3;5-8,10-11H,1-4H3;/q2*-1;/i15D;;. The molecule has 2 nitrogen and oxygen atoms in total. The first-order valence-electron chi connectivity index (χ1n) is 15.4. The number of fused-ring (bicyclic) bond motifs is 3. The Morgan fingerprint density at radius 3 is 2.20 bits per heavy atom. The quantitative estimate of drug-likeness (QED) is 0.127. The predicted octanol–water partition coefficient (Wildman–Crippen LogP) is 9.99. The van der Waals surface area contributed by atoms with Gasteiger partial charge >= 0.3 is 270 Å². The van der Waals surface area contributed by atoms with Gasteiger partial charge in [-0.15, -0.1) is 0 Å². The van der Waals surface area contributed by atoms with Crippen LogP contribution in [0.4, 0.5) is 0 Å². The van der Waals surface area contributed by atoms with Gasteiger partial charge in [-0.05, 0) is 0 Å². The second-order valence-electron chi connectivity index (χ2n) is 13.5. The van der Waals surface area contributed by atoms with Gasteiger partial charge in [0.15, 0.2) is 0 Å². The Labute approximate surface area is 288 Å². The third-order valence-electron chi connectivity index (χ3n) is 7.79. The van der Waals surface area contributed by atoms with Gasteiger partial charge in [-0.1, -0.05) is 0 Å². The van der Waals surface area contributed by atoms with Gasteiger partial charge in [-0.3, -0.25) is 0 Å². The molecule has 3 aromatic carbocycles. The molecule has 6 rings (SSSR count). The van der Waals surface area contributed by atoms with Crippen LogP contribution in [0.2, 0.25) is 34.5 Å². The molecule has 1 radical (unpaired) electrons. The van der Waals surface area contributed by atoms with Gasteiger partial charge < -0.3 is 0 Å². The number of nitrogens with zero attached hydrogens (tertiary/aromatic N) is 2. The summed E-state index contributed by atoms with van der Waals surface area (Å²) in [5.74, 6) is 13.9. The molecular weight excluding hydrogens is 854 g/mol. The van der Waals surface area contributed by atoms with E-state index < -0.39 is 32.4 Å². The van der Waals surface area contributed by atoms with Gasteiger partial charge in [0.1, 0.15) is 0 Å². The van der Waals surface area contributed by atoms with Gasteiger partial charge in [0.25, 0.3) is 0 Å². The van der Waals surface area contributed by atoms with Crippen molar-refractivity contribution in [3.8, 4) is 22.5 Å². The molecule has 0 saturated carbocycles. The minimum Gasteiger partial charge on any atom is 0 e. The van der Waals surface area contributed by atoms with E-state index in [0.29, 0.717) is 0 Å². The summed E-state index contributed by atoms with van der Waals surface area (Å²) in [6.45, 7) is 6.02. The van der Waals surface area contributed by atoms with E-state index in [1.54, 1.807) is 0 Å². The van der Waals surface area contributed by atoms with E-state index in [1.807, 2.05) is 67.8 Å². The molecule has 44 heavy (non-hydrogen) atoms. The molecule has 0 spiro atoms. The van der Waals surface area contributed by atoms with Gasteiger partial charge in [0.2, 0.25) is 0 Å². The van der Waals surface area contributed by atoms with Crippen LogP contribution in [0.3, 0.4) is 0 Å². The molecule has 0 aliphatic heterocycles. The Morgan fingerprint density at radius 2 is 1.57 bits per heavy atom. The Bertz CT molecular complexity index is 1930. The van der Waals surface area contributed by atoms with Crippen molar-refractivity contribution in [2.24, 2.45) is 0 Å². The Morgan fingerprint density at radius 1 is 0.795 bits per heavy atom. The summed E-state index contributed by atoms with van der Waals surface area (Å²) < 4.78 is 13.9. The molecule has 0 unspecified atom stereocenters. The van der Waals surface area contributed by atoms with Crippen LogP contribution in [0.1, 0.15) is 32.2 Å². The summed E-state index contributed by atoms with van der Waals surface area (Å²) in [5.41, 5.74) is 6.39. The van der Waals surface area contributed by atoms with Crippen molar-refractivity contribution in [2.45, 2.75) is 61.2 Å². The van der Waals surface area contributed by atoms with E-state index >= 15 is 0 Å². The molecule has 0 amide bonds. The van der Waals surface area contributed by atoms with Crippen molar-refractivity contribution in [1.29, 1.82) is 0 Å². The molecule has 0 saturated heterocycles. The maximum absolute atomic E-state index is 8.33. The molecule has 3 aromatic heterocycles. The predicted molar refractivity (Wildman–Crippen MR) is 195 cm³/mol. The largest absolute Gasteiger partial charge is 0 e. The van der Waals surface area contributed by atoms with Gasteiger partial charge in [0.05, 0.1) is 0 Å². The van der Waals surface area contributed by atoms with Crippen LogP contribution >= 0.6 is 11.3 Å². The minimum absolute atomic E-state index is 0. The minimum atomic E-state index is -1.87. The maximum atomic E-state index is 8.33. The molecule has 6 heteroatoms. The van der Waals surface area contributed by atoms with Crippen molar-refractivity contribution in [3.63, 3.8) is 0 Å². The Balaban J connectivity index is 0.000000222. The number of aromatic nitrogens is 2. The van der Waals surface area contributed by atoms with Crippen molar-refractivity contribution in [3.05, 3.63) is 108 Å². The first kappa shape index (κ1) is 33.3. The zero-order valence-corrected chi connectivity index (χ0v) is 34.6. The Kier molecular flexibility index (Phi) is 10.7. The van der Waals surface area contributed by atoms with Gasteiger partial charge in [-0.25, -0.2) is 0 Å². The number of pyridine rings is 2. The van der Waals surface area contributed by atoms with Crippen LogP contribution in [0.15, 0.2) is 85.2 Å². The molecule has 0 fully saturated rings. The fourth-order valence-electron chi connectivity index (χ4n) is 5.32. The summed E-state index contributed by atoms with van der Waals surface area (Å²) in [7, 11) is 0. The average Bonchev–Trinajstić information content (AvgIpc) is 3.35. The first-order chi connectivity index (χ1) is 20.6. The second-order valence-corrected chi connectivity index (χ2v) is 35.8. The van der Waals surface area contributed by atoms with E-state index in [-0.39, 0.29) is 20.1 Å². The van der Waals surface area contributed by atoms with E-state index in [9.17, 15) is 0 Å². The van der Waals surface area contributed by atoms with Crippen LogP contribution in [-0.2, 0) is 20.1 Å². The van der Waals surface area contributed by atoms with Crippen molar-refractivity contribution in [2.75, 3.05) is 0 Å². The third kappa shape index (κ3) is 7.82. The summed E-state index contributed by atoms with van der Waals surface area (Å²) in [6.07, 6.45) is 3.89. The van der Waals surface area contributed by atoms with E-state index in [1.165, 1.54) is 34.5 Å². The number of rotatable bonds is 5. The monoisotopic (exact) mass is 900 g/mol. The van der Waals surface area contributed by atoms with Crippen LogP contribution < -0.4 is 8.79 Å². The molecular formula is C38H42Ge2IrN2S-2. The van der Waals surface area contributed by atoms with E-state index in [2.05, 4.69) is 106 Å². The average molecular weight is 897 g/mol. The molecule has 6 aromatic rings. The number of hydrogen-bond donors (Lipinski definition) is 0. The molecule has 0 N–H and O–H groups in total. The van der Waals surface area contributed by atoms with Crippen molar-refractivity contribution >= 4 is 66.8 Å². The third-order valence-corrected chi connectivity index (χ3v) is 17.8. The van der Waals surface area contributed by atoms with Crippen LogP contribution in [0.5, 0.6) is 0 Å². The first-order valence-corrected chi connectivity index (χ1v) is 30.4. The fourth-order valence-corrected chi connectivity index (χ4v) is 12.5. The molecule has 0 aliphatic rings. The number of hydrogen-bond acceptors (Lipinski definition) is 3. The van der Waals surface area contributed by atoms with Crippen LogP contribution in [0, 0.1) is 19.1 Å². The Hall–Kier alpha value is -2.08. The topological polar surface area (TPSA) is 25.8 Å². The zero-order chi connectivity index (χ0) is 31.9. The smallest absolute Gasteiger partial charge is 0 e. The number of aryl methyl sites for hydroxylation is 1. The molecule has 3 heterocycles. The van der Waals surface area contributed by atoms with Crippen LogP contribution in [-0.4, -0.2) is 36.5 Å². The maximum Gasteiger partial charge on any atom is 0 e. The summed E-state index contributed by atoms with van der Waals surface area (Å²) in [6, 6.07) is 32.0. The SMILES string of the molecule is Cc1cc(-c2[c-]cccc2)nc[c]1[Ge]([CH3])([CH3])[CH3].[2H]C(C)(C)c1ccnc(-c2[c-]ccc3c2sc2cc[c]([Ge]([CH3])([CH3])[CH3])cc23)c1.[Ir]. The van der Waals surface area contributed by atoms with E-state index in [0.717, 1.165) is 28.1 Å². The normalized spacial score (nSPS) is 12.3. The summed E-state index contributed by atoms with van der Waals surface area (Å²) >= 11 is -1.83. The summed E-state index contributed by atoms with van der Waals surface area (Å²) in [5, 5.41) is 2.63.